The van der Waals surface area contributed by atoms with Crippen LogP contribution < -0.4 is 63.8 Å². The van der Waals surface area contributed by atoms with Gasteiger partial charge in [0.25, 0.3) is 0 Å². The average molecular weight is 2000 g/mol. The largest absolute Gasteiger partial charge is 0.309 e. The van der Waals surface area contributed by atoms with Crippen LogP contribution in [0.25, 0.3) is 164 Å². The molecule has 0 saturated carbocycles. The topological polar surface area (TPSA) is 94.1 Å². The summed E-state index contributed by atoms with van der Waals surface area (Å²) in [5.41, 5.74) is 12.0. The van der Waals surface area contributed by atoms with Gasteiger partial charge in [0.1, 0.15) is 5.44 Å². The molecule has 0 saturated heterocycles. The SMILES string of the molecule is O=P(c1ccccc1)(c1ccccc1)c1cc(-c2ccc3ccccc3n2)cc(-c2cc3ccccc3c3ccccc23)c1.O=P(c1ccccc1)(c1ccccc1)c1ccc(-c2cc3ccccc3c3ccccc23)cc1.O=P(c1ccccc1)(c1ccccc1)c1ccc2cc(-c3cc4ccccc4c4ccccc34)ccc2c1.O=P(c1ccccc1)(c1ccccc1)c1cccc(-c2cc3ccccc3c3ccccc23)n1. The summed E-state index contributed by atoms with van der Waals surface area (Å²) in [4.78, 5) is 10.1. The predicted octanol–water partition coefficient (Wildman–Crippen LogP) is 32.0. The van der Waals surface area contributed by atoms with Crippen molar-refractivity contribution in [1.29, 1.82) is 0 Å². The summed E-state index contributed by atoms with van der Waals surface area (Å²) >= 11 is 0. The highest BCUT2D eigenvalue weighted by atomic mass is 31.2. The second kappa shape index (κ2) is 41.3. The number of hydrogen-bond donors (Lipinski definition) is 0. The highest BCUT2D eigenvalue weighted by Crippen LogP contribution is 2.50. The third kappa shape index (κ3) is 18.0. The molecule has 25 aromatic carbocycles. The van der Waals surface area contributed by atoms with E-state index in [0.717, 1.165) is 135 Å². The molecule has 712 valence electrons. The van der Waals surface area contributed by atoms with E-state index in [4.69, 9.17) is 9.97 Å². The van der Waals surface area contributed by atoms with Crippen molar-refractivity contribution in [2.24, 2.45) is 0 Å². The van der Waals surface area contributed by atoms with Gasteiger partial charge in [-0.15, -0.1) is 0 Å². The Hall–Kier alpha value is -17.7. The first kappa shape index (κ1) is 94.6. The van der Waals surface area contributed by atoms with Gasteiger partial charge in [-0.05, 0) is 209 Å². The van der Waals surface area contributed by atoms with Crippen LogP contribution in [0.5, 0.6) is 0 Å². The summed E-state index contributed by atoms with van der Waals surface area (Å²) in [6.45, 7) is 0. The molecule has 0 aliphatic rings. The molecule has 0 fully saturated rings. The fraction of sp³-hybridized carbons (Fsp3) is 0. The number of benzene rings is 25. The summed E-state index contributed by atoms with van der Waals surface area (Å²) < 4.78 is 59.9. The third-order valence-corrected chi connectivity index (χ3v) is 41.0. The molecule has 0 N–H and O–H groups in total. The lowest BCUT2D eigenvalue weighted by molar-refractivity contribution is 0.591. The Morgan fingerprint density at radius 2 is 0.400 bits per heavy atom. The maximum Gasteiger partial charge on any atom is 0.188 e. The van der Waals surface area contributed by atoms with Crippen LogP contribution >= 0.6 is 28.6 Å². The Kier molecular flexibility index (Phi) is 26.1. The molecule has 0 amide bonds. The fourth-order valence-corrected chi connectivity index (χ4v) is 32.1. The first-order valence-corrected chi connectivity index (χ1v) is 57.4. The number of hydrogen-bond acceptors (Lipinski definition) is 6. The van der Waals surface area contributed by atoms with Gasteiger partial charge >= 0.3 is 0 Å². The van der Waals surface area contributed by atoms with Crippen molar-refractivity contribution in [3.05, 3.63) is 595 Å². The minimum Gasteiger partial charge on any atom is -0.309 e. The van der Waals surface area contributed by atoms with Crippen molar-refractivity contribution in [3.8, 4) is 55.9 Å². The monoisotopic (exact) mass is 1990 g/mol. The number of para-hydroxylation sites is 1. The zero-order valence-electron chi connectivity index (χ0n) is 81.9. The van der Waals surface area contributed by atoms with Crippen LogP contribution in [0.1, 0.15) is 0 Å². The van der Waals surface area contributed by atoms with Crippen LogP contribution in [0.15, 0.2) is 595 Å². The van der Waals surface area contributed by atoms with Gasteiger partial charge in [-0.1, -0.05) is 516 Å². The summed E-state index contributed by atoms with van der Waals surface area (Å²) in [6, 6.07) is 202. The van der Waals surface area contributed by atoms with Gasteiger partial charge in [0.2, 0.25) is 0 Å². The molecule has 150 heavy (non-hydrogen) atoms. The van der Waals surface area contributed by atoms with Crippen molar-refractivity contribution >= 4 is 200 Å². The van der Waals surface area contributed by atoms with Gasteiger partial charge in [0, 0.05) is 74.9 Å². The van der Waals surface area contributed by atoms with E-state index >= 15 is 4.57 Å². The van der Waals surface area contributed by atoms with E-state index < -0.39 is 28.6 Å². The zero-order chi connectivity index (χ0) is 101. The van der Waals surface area contributed by atoms with Gasteiger partial charge in [0.05, 0.1) is 16.9 Å². The van der Waals surface area contributed by atoms with Crippen molar-refractivity contribution in [2.45, 2.75) is 0 Å². The molecule has 0 atom stereocenters. The molecular weight excluding hydrogens is 1900 g/mol. The van der Waals surface area contributed by atoms with E-state index in [2.05, 4.69) is 297 Å². The predicted molar refractivity (Wildman–Crippen MR) is 641 cm³/mol. The van der Waals surface area contributed by atoms with Gasteiger partial charge < -0.3 is 18.3 Å². The molecule has 2 heterocycles. The van der Waals surface area contributed by atoms with Crippen molar-refractivity contribution < 1.29 is 18.3 Å². The second-order valence-corrected chi connectivity index (χ2v) is 48.7. The Morgan fingerprint density at radius 1 is 0.127 bits per heavy atom. The summed E-state index contributed by atoms with van der Waals surface area (Å²) in [7, 11) is -12.4. The van der Waals surface area contributed by atoms with Crippen LogP contribution in [0.2, 0.25) is 0 Å². The van der Waals surface area contributed by atoms with E-state index in [1.165, 1.54) is 86.7 Å². The first-order chi connectivity index (χ1) is 73.9. The first-order valence-electron chi connectivity index (χ1n) is 50.5. The van der Waals surface area contributed by atoms with E-state index in [1.807, 2.05) is 297 Å². The smallest absolute Gasteiger partial charge is 0.188 e. The Labute approximate surface area is 872 Å². The van der Waals surface area contributed by atoms with Gasteiger partial charge in [-0.25, -0.2) is 9.97 Å². The van der Waals surface area contributed by atoms with Gasteiger partial charge in [-0.2, -0.15) is 0 Å². The maximum absolute atomic E-state index is 15.7. The number of fused-ring (bicyclic) bond motifs is 14. The molecule has 10 heteroatoms. The van der Waals surface area contributed by atoms with Crippen LogP contribution in [-0.4, -0.2) is 9.97 Å². The number of rotatable bonds is 17. The molecule has 0 aliphatic carbocycles. The second-order valence-electron chi connectivity index (χ2n) is 37.7. The van der Waals surface area contributed by atoms with E-state index in [9.17, 15) is 13.7 Å². The molecule has 0 radical (unpaired) electrons. The number of nitrogens with zero attached hydrogens (tertiary/aromatic N) is 2. The van der Waals surface area contributed by atoms with E-state index in [1.54, 1.807) is 0 Å². The van der Waals surface area contributed by atoms with E-state index in [0.29, 0.717) is 5.44 Å². The highest BCUT2D eigenvalue weighted by molar-refractivity contribution is 7.86. The summed E-state index contributed by atoms with van der Waals surface area (Å²) in [6.07, 6.45) is 0. The van der Waals surface area contributed by atoms with Crippen LogP contribution in [-0.2, 0) is 18.3 Å². The van der Waals surface area contributed by atoms with Gasteiger partial charge in [0.15, 0.2) is 28.6 Å². The molecule has 2 aromatic heterocycles. The van der Waals surface area contributed by atoms with Crippen molar-refractivity contribution in [1.82, 2.24) is 9.97 Å². The minimum atomic E-state index is -3.26. The molecule has 27 rings (SSSR count). The number of pyridine rings is 2. The zero-order valence-corrected chi connectivity index (χ0v) is 85.5. The lowest BCUT2D eigenvalue weighted by atomic mass is 9.92. The van der Waals surface area contributed by atoms with E-state index in [-0.39, 0.29) is 0 Å². The average Bonchev–Trinajstić information content (AvgIpc) is 0.740. The lowest BCUT2D eigenvalue weighted by Gasteiger charge is -2.22. The molecule has 0 spiro atoms. The van der Waals surface area contributed by atoms with Crippen LogP contribution in [0.4, 0.5) is 0 Å². The van der Waals surface area contributed by atoms with Crippen LogP contribution in [0, 0.1) is 0 Å². The molecule has 0 unspecified atom stereocenters. The Morgan fingerprint density at radius 3 is 0.807 bits per heavy atom. The normalized spacial score (nSPS) is 11.7. The number of aromatic nitrogens is 2. The molecule has 6 nitrogen and oxygen atoms in total. The molecule has 27 aromatic rings. The van der Waals surface area contributed by atoms with Crippen molar-refractivity contribution in [3.63, 3.8) is 0 Å². The molecule has 0 aliphatic heterocycles. The lowest BCUT2D eigenvalue weighted by Crippen LogP contribution is -2.27. The molecular formula is C140H98N2O4P4. The maximum atomic E-state index is 15.7. The molecule has 0 bridgehead atoms. The fourth-order valence-electron chi connectivity index (χ4n) is 21.5. The third-order valence-electron chi connectivity index (χ3n) is 28.9. The summed E-state index contributed by atoms with van der Waals surface area (Å²) in [5.74, 6) is 0. The summed E-state index contributed by atoms with van der Waals surface area (Å²) in [5, 5.41) is 31.9. The van der Waals surface area contributed by atoms with Crippen LogP contribution in [0.3, 0.4) is 0 Å². The minimum absolute atomic E-state index is 0.597. The van der Waals surface area contributed by atoms with Crippen molar-refractivity contribution in [2.75, 3.05) is 0 Å². The Bertz CT molecular complexity index is 9790. The quantitative estimate of drug-likeness (QED) is 0.0666. The van der Waals surface area contributed by atoms with Gasteiger partial charge in [-0.3, -0.25) is 0 Å². The highest BCUT2D eigenvalue weighted by Gasteiger charge is 2.36. The standard InChI is InChI=1S/C41H28NOP.C36H25OP.C32H23OP.C31H22NOP/c43-44(33-15-3-1-4-16-33,34-17-5-2-6-18-34)35-26-31(25-32(27-35)41-24-23-29-13-8-12-22-40(29)42-41)39-28-30-14-7-9-19-36(30)37-20-10-11-21-38(37)39;37-38(30-12-3-1-4-13-30,31-14-5-2-6-15-31)32-22-21-26-23-29(20-19-27(26)24-32)36-25-28-11-7-8-16-33(28)34-17-9-10-18-35(34)36;33-34(26-12-3-1-4-13-26,27-14-5-2-6-15-27)28-21-19-24(20-22-28)32-23-25-11-7-8-16-29(25)30-17-9-10-18-31(30)32;33-34(24-13-3-1-4-14-24,25-15-5-2-6-16-25)31-21-11-20-30(32-31)29-22-23-12-7-8-17-26(23)27-18-9-10-19-28(27)29/h1-28H;1-25H;1-23H;1-22H. The Balaban J connectivity index is 0.000000107.